The standard InChI is InChI=1S/C12H11N3O5S.C4H9NO/c13-11(16)8-3-1-7(2-4-8)9-5-6-15(21(14,19)20)10(9)12(17)18;6-4-1-2-5-3-4/h1-6H,(H2,13,16)(H,17,18)(H2,14,19,20);4-6H,1-3H2. The fourth-order valence-electron chi connectivity index (χ4n) is 2.52. The number of primary amides is 1. The van der Waals surface area contributed by atoms with Gasteiger partial charge >= 0.3 is 16.2 Å². The number of carbonyl (C=O) groups is 2. The Kier molecular flexibility index (Phi) is 6.33. The van der Waals surface area contributed by atoms with E-state index in [0.29, 0.717) is 9.54 Å². The number of rotatable bonds is 4. The Bertz CT molecular complexity index is 930. The van der Waals surface area contributed by atoms with Gasteiger partial charge in [-0.15, -0.1) is 0 Å². The normalized spacial score (nSPS) is 16.4. The molecule has 146 valence electrons. The van der Waals surface area contributed by atoms with E-state index in [-0.39, 0.29) is 17.2 Å². The van der Waals surface area contributed by atoms with E-state index < -0.39 is 27.8 Å². The number of aromatic nitrogens is 1. The molecule has 1 atom stereocenters. The van der Waals surface area contributed by atoms with Crippen molar-refractivity contribution in [1.29, 1.82) is 0 Å². The number of carboxylic acid groups (broad SMARTS) is 1. The molecule has 1 unspecified atom stereocenters. The fraction of sp³-hybridized carbons (Fsp3) is 0.250. The minimum absolute atomic E-state index is 0.0648. The molecule has 0 radical (unpaired) electrons. The molecule has 0 bridgehead atoms. The number of β-amino-alcohol motifs (C(OH)–C–C–N with tert-alkyl or cyclic N) is 1. The molecule has 1 fully saturated rings. The number of carbonyl (C=O) groups excluding carboxylic acids is 1. The van der Waals surface area contributed by atoms with Gasteiger partial charge in [0.05, 0.1) is 6.10 Å². The first-order valence-corrected chi connectivity index (χ1v) is 9.38. The van der Waals surface area contributed by atoms with Gasteiger partial charge in [0.25, 0.3) is 0 Å². The molecule has 11 heteroatoms. The minimum Gasteiger partial charge on any atom is -0.477 e. The van der Waals surface area contributed by atoms with E-state index in [9.17, 15) is 23.1 Å². The number of hydrogen-bond acceptors (Lipinski definition) is 6. The van der Waals surface area contributed by atoms with Gasteiger partial charge in [-0.05, 0) is 36.7 Å². The van der Waals surface area contributed by atoms with Crippen molar-refractivity contribution in [2.75, 3.05) is 13.1 Å². The molecule has 1 aromatic heterocycles. The van der Waals surface area contributed by atoms with Crippen molar-refractivity contribution in [1.82, 2.24) is 9.29 Å². The molecule has 7 N–H and O–H groups in total. The first-order valence-electron chi connectivity index (χ1n) is 7.88. The summed E-state index contributed by atoms with van der Waals surface area (Å²) in [5.41, 5.74) is 5.45. The SMILES string of the molecule is NC(=O)c1ccc(-c2ccn(S(N)(=O)=O)c2C(=O)O)cc1.OC1CCNC1. The molecule has 1 amide bonds. The summed E-state index contributed by atoms with van der Waals surface area (Å²) in [5.74, 6) is -2.06. The Balaban J connectivity index is 0.000000369. The molecule has 27 heavy (non-hydrogen) atoms. The fourth-order valence-corrected chi connectivity index (χ4v) is 3.18. The van der Waals surface area contributed by atoms with Crippen molar-refractivity contribution < 1.29 is 28.2 Å². The maximum Gasteiger partial charge on any atom is 0.354 e. The molecule has 0 aliphatic carbocycles. The molecule has 1 aromatic carbocycles. The zero-order valence-electron chi connectivity index (χ0n) is 14.2. The maximum atomic E-state index is 11.4. The second-order valence-corrected chi connectivity index (χ2v) is 7.24. The molecular formula is C16H20N4O6S. The van der Waals surface area contributed by atoms with Crippen LogP contribution in [0.25, 0.3) is 11.1 Å². The first kappa shape index (κ1) is 20.6. The van der Waals surface area contributed by atoms with Crippen molar-refractivity contribution in [3.05, 3.63) is 47.8 Å². The third-order valence-corrected chi connectivity index (χ3v) is 4.70. The van der Waals surface area contributed by atoms with E-state index >= 15 is 0 Å². The molecule has 1 aliphatic heterocycles. The highest BCUT2D eigenvalue weighted by Gasteiger charge is 2.22. The molecule has 1 saturated heterocycles. The monoisotopic (exact) mass is 396 g/mol. The van der Waals surface area contributed by atoms with Gasteiger partial charge in [0.1, 0.15) is 0 Å². The number of hydrogen-bond donors (Lipinski definition) is 5. The molecule has 0 spiro atoms. The molecule has 2 aromatic rings. The number of benzene rings is 1. The van der Waals surface area contributed by atoms with Crippen molar-refractivity contribution in [2.24, 2.45) is 10.9 Å². The van der Waals surface area contributed by atoms with Crippen LogP contribution < -0.4 is 16.2 Å². The van der Waals surface area contributed by atoms with Crippen molar-refractivity contribution in [3.63, 3.8) is 0 Å². The van der Waals surface area contributed by atoms with E-state index in [1.807, 2.05) is 0 Å². The Hall–Kier alpha value is -2.73. The zero-order valence-corrected chi connectivity index (χ0v) is 15.0. The van der Waals surface area contributed by atoms with Crippen LogP contribution in [0.2, 0.25) is 0 Å². The summed E-state index contributed by atoms with van der Waals surface area (Å²) in [6.07, 6.45) is 1.92. The highest BCUT2D eigenvalue weighted by molar-refractivity contribution is 7.87. The lowest BCUT2D eigenvalue weighted by molar-refractivity contribution is 0.0690. The van der Waals surface area contributed by atoms with Crippen LogP contribution in [0.5, 0.6) is 0 Å². The smallest absolute Gasteiger partial charge is 0.354 e. The third kappa shape index (κ3) is 5.14. The summed E-state index contributed by atoms with van der Waals surface area (Å²) < 4.78 is 23.2. The Morgan fingerprint density at radius 2 is 1.81 bits per heavy atom. The molecular weight excluding hydrogens is 376 g/mol. The summed E-state index contributed by atoms with van der Waals surface area (Å²) >= 11 is 0. The van der Waals surface area contributed by atoms with Crippen LogP contribution in [-0.4, -0.2) is 53.7 Å². The Labute approximate surface area is 155 Å². The second-order valence-electron chi connectivity index (χ2n) is 5.81. The van der Waals surface area contributed by atoms with Crippen molar-refractivity contribution in [3.8, 4) is 11.1 Å². The van der Waals surface area contributed by atoms with Crippen LogP contribution in [0, 0.1) is 0 Å². The molecule has 1 aliphatic rings. The summed E-state index contributed by atoms with van der Waals surface area (Å²) in [6.45, 7) is 1.78. The van der Waals surface area contributed by atoms with Crippen LogP contribution in [-0.2, 0) is 10.2 Å². The number of aliphatic hydroxyl groups is 1. The van der Waals surface area contributed by atoms with Gasteiger partial charge in [-0.3, -0.25) is 4.79 Å². The van der Waals surface area contributed by atoms with E-state index in [2.05, 4.69) is 5.32 Å². The van der Waals surface area contributed by atoms with Crippen LogP contribution in [0.4, 0.5) is 0 Å². The van der Waals surface area contributed by atoms with Crippen LogP contribution in [0.3, 0.4) is 0 Å². The van der Waals surface area contributed by atoms with Crippen molar-refractivity contribution in [2.45, 2.75) is 12.5 Å². The van der Waals surface area contributed by atoms with Gasteiger partial charge in [-0.1, -0.05) is 12.1 Å². The average molecular weight is 396 g/mol. The lowest BCUT2D eigenvalue weighted by atomic mass is 10.0. The number of nitrogens with two attached hydrogens (primary N) is 2. The summed E-state index contributed by atoms with van der Waals surface area (Å²) in [5, 5.41) is 25.8. The van der Waals surface area contributed by atoms with E-state index in [1.165, 1.54) is 30.3 Å². The quantitative estimate of drug-likeness (QED) is 0.455. The predicted octanol–water partition coefficient (Wildman–Crippen LogP) is -0.656. The molecule has 0 saturated carbocycles. The number of nitrogens with one attached hydrogen (secondary N) is 1. The predicted molar refractivity (Wildman–Crippen MR) is 97.3 cm³/mol. The second kappa shape index (κ2) is 8.31. The van der Waals surface area contributed by atoms with Crippen LogP contribution >= 0.6 is 0 Å². The van der Waals surface area contributed by atoms with E-state index in [0.717, 1.165) is 25.7 Å². The number of nitrogens with zero attached hydrogens (tertiary/aromatic N) is 1. The Morgan fingerprint density at radius 1 is 1.19 bits per heavy atom. The molecule has 10 nitrogen and oxygen atoms in total. The Morgan fingerprint density at radius 3 is 2.19 bits per heavy atom. The third-order valence-electron chi connectivity index (χ3n) is 3.84. The lowest BCUT2D eigenvalue weighted by Gasteiger charge is -2.06. The average Bonchev–Trinajstić information content (AvgIpc) is 3.24. The highest BCUT2D eigenvalue weighted by atomic mass is 32.2. The maximum absolute atomic E-state index is 11.4. The molecule has 2 heterocycles. The summed E-state index contributed by atoms with van der Waals surface area (Å²) in [6, 6.07) is 7.08. The van der Waals surface area contributed by atoms with Crippen molar-refractivity contribution >= 4 is 22.1 Å². The number of aliphatic hydroxyl groups excluding tert-OH is 1. The topological polar surface area (TPSA) is 178 Å². The van der Waals surface area contributed by atoms with Crippen LogP contribution in [0.1, 0.15) is 27.3 Å². The highest BCUT2D eigenvalue weighted by Crippen LogP contribution is 2.26. The van der Waals surface area contributed by atoms with Gasteiger partial charge < -0.3 is 21.3 Å². The van der Waals surface area contributed by atoms with Gasteiger partial charge in [0.2, 0.25) is 5.91 Å². The lowest BCUT2D eigenvalue weighted by Crippen LogP contribution is -2.24. The number of amides is 1. The number of carboxylic acids is 1. The minimum atomic E-state index is -4.23. The molecule has 3 rings (SSSR count). The first-order chi connectivity index (χ1) is 12.6. The van der Waals surface area contributed by atoms with Gasteiger partial charge in [0, 0.05) is 23.9 Å². The summed E-state index contributed by atoms with van der Waals surface area (Å²) in [7, 11) is -4.23. The van der Waals surface area contributed by atoms with E-state index in [4.69, 9.17) is 16.0 Å². The zero-order chi connectivity index (χ0) is 20.2. The van der Waals surface area contributed by atoms with Gasteiger partial charge in [-0.25, -0.2) is 13.9 Å². The number of aromatic carboxylic acids is 1. The van der Waals surface area contributed by atoms with Crippen LogP contribution in [0.15, 0.2) is 36.5 Å². The van der Waals surface area contributed by atoms with E-state index in [1.54, 1.807) is 0 Å². The largest absolute Gasteiger partial charge is 0.477 e. The van der Waals surface area contributed by atoms with Gasteiger partial charge in [0.15, 0.2) is 5.69 Å². The summed E-state index contributed by atoms with van der Waals surface area (Å²) in [4.78, 5) is 22.3. The van der Waals surface area contributed by atoms with Gasteiger partial charge in [-0.2, -0.15) is 8.42 Å².